The smallest absolute Gasteiger partial charge is 0.325 e. The van der Waals surface area contributed by atoms with Gasteiger partial charge in [0.25, 0.3) is 5.91 Å². The summed E-state index contributed by atoms with van der Waals surface area (Å²) < 4.78 is 4.72. The molecule has 0 atom stereocenters. The summed E-state index contributed by atoms with van der Waals surface area (Å²) in [6.07, 6.45) is 0. The number of para-hydroxylation sites is 1. The highest BCUT2D eigenvalue weighted by Gasteiger charge is 2.10. The van der Waals surface area contributed by atoms with Gasteiger partial charge in [0.15, 0.2) is 0 Å². The predicted octanol–water partition coefficient (Wildman–Crippen LogP) is 1.46. The van der Waals surface area contributed by atoms with Crippen LogP contribution in [0.2, 0.25) is 0 Å². The first kappa shape index (κ1) is 12.2. The molecule has 2 aromatic rings. The molecule has 18 heavy (non-hydrogen) atoms. The highest BCUT2D eigenvalue weighted by molar-refractivity contribution is 5.99. The normalized spacial score (nSPS) is 10.3. The second-order valence-corrected chi connectivity index (χ2v) is 3.76. The minimum atomic E-state index is -0.443. The van der Waals surface area contributed by atoms with Crippen molar-refractivity contribution in [1.29, 1.82) is 0 Å². The molecule has 2 rings (SSSR count). The highest BCUT2D eigenvalue weighted by atomic mass is 16.5. The maximum atomic E-state index is 11.8. The summed E-state index contributed by atoms with van der Waals surface area (Å²) in [6, 6.07) is 9.33. The summed E-state index contributed by atoms with van der Waals surface area (Å²) in [5, 5.41) is 3.46. The second kappa shape index (κ2) is 5.35. The number of hydrogen-bond acceptors (Lipinski definition) is 3. The van der Waals surface area contributed by atoms with Crippen LogP contribution in [0.5, 0.6) is 0 Å². The van der Waals surface area contributed by atoms with E-state index in [0.29, 0.717) is 12.3 Å². The van der Waals surface area contributed by atoms with E-state index in [1.54, 1.807) is 13.0 Å². The Morgan fingerprint density at radius 1 is 1.33 bits per heavy atom. The fourth-order valence-electron chi connectivity index (χ4n) is 1.66. The number of nitrogens with one attached hydrogen (secondary N) is 2. The maximum absolute atomic E-state index is 11.8. The first-order valence-electron chi connectivity index (χ1n) is 5.72. The van der Waals surface area contributed by atoms with Gasteiger partial charge in [0.05, 0.1) is 6.61 Å². The molecular weight excluding hydrogens is 232 g/mol. The SMILES string of the molecule is CCOC(=O)CNC(=O)c1cc2ccccc2[nH]1. The van der Waals surface area contributed by atoms with Crippen LogP contribution in [-0.4, -0.2) is 30.0 Å². The topological polar surface area (TPSA) is 71.2 Å². The molecule has 0 radical (unpaired) electrons. The Kier molecular flexibility index (Phi) is 3.62. The zero-order valence-corrected chi connectivity index (χ0v) is 10.0. The van der Waals surface area contributed by atoms with E-state index in [4.69, 9.17) is 4.74 Å². The number of aromatic nitrogens is 1. The van der Waals surface area contributed by atoms with Gasteiger partial charge in [-0.1, -0.05) is 18.2 Å². The zero-order valence-electron chi connectivity index (χ0n) is 10.0. The van der Waals surface area contributed by atoms with E-state index in [2.05, 4.69) is 10.3 Å². The summed E-state index contributed by atoms with van der Waals surface area (Å²) in [4.78, 5) is 25.9. The molecule has 0 spiro atoms. The Bertz CT molecular complexity index is 541. The number of benzene rings is 1. The summed E-state index contributed by atoms with van der Waals surface area (Å²) in [7, 11) is 0. The minimum absolute atomic E-state index is 0.123. The molecule has 0 saturated carbocycles. The van der Waals surface area contributed by atoms with E-state index >= 15 is 0 Å². The lowest BCUT2D eigenvalue weighted by molar-refractivity contribution is -0.141. The van der Waals surface area contributed by atoms with E-state index in [1.165, 1.54) is 0 Å². The first-order chi connectivity index (χ1) is 8.70. The van der Waals surface area contributed by atoms with Gasteiger partial charge < -0.3 is 15.0 Å². The van der Waals surface area contributed by atoms with Gasteiger partial charge in [-0.15, -0.1) is 0 Å². The van der Waals surface area contributed by atoms with Crippen LogP contribution >= 0.6 is 0 Å². The Morgan fingerprint density at radius 2 is 2.11 bits per heavy atom. The third-order valence-electron chi connectivity index (χ3n) is 2.47. The Balaban J connectivity index is 2.02. The predicted molar refractivity (Wildman–Crippen MR) is 67.3 cm³/mol. The molecule has 94 valence electrons. The standard InChI is InChI=1S/C13H14N2O3/c1-2-18-12(16)8-14-13(17)11-7-9-5-3-4-6-10(9)15-11/h3-7,15H,2,8H2,1H3,(H,14,17). The van der Waals surface area contributed by atoms with E-state index in [1.807, 2.05) is 24.3 Å². The van der Waals surface area contributed by atoms with Gasteiger partial charge in [-0.05, 0) is 19.1 Å². The third-order valence-corrected chi connectivity index (χ3v) is 2.47. The van der Waals surface area contributed by atoms with Gasteiger partial charge in [-0.25, -0.2) is 0 Å². The van der Waals surface area contributed by atoms with Crippen LogP contribution < -0.4 is 5.32 Å². The number of ether oxygens (including phenoxy) is 1. The van der Waals surface area contributed by atoms with Gasteiger partial charge in [0.1, 0.15) is 12.2 Å². The molecule has 0 aliphatic rings. The number of fused-ring (bicyclic) bond motifs is 1. The van der Waals surface area contributed by atoms with Crippen LogP contribution in [0.25, 0.3) is 10.9 Å². The first-order valence-corrected chi connectivity index (χ1v) is 5.72. The molecule has 5 nitrogen and oxygen atoms in total. The van der Waals surface area contributed by atoms with E-state index in [9.17, 15) is 9.59 Å². The van der Waals surface area contributed by atoms with Gasteiger partial charge >= 0.3 is 5.97 Å². The summed E-state index contributed by atoms with van der Waals surface area (Å²) >= 11 is 0. The molecule has 0 bridgehead atoms. The second-order valence-electron chi connectivity index (χ2n) is 3.76. The van der Waals surface area contributed by atoms with Crippen LogP contribution in [0.3, 0.4) is 0 Å². The van der Waals surface area contributed by atoms with Crippen molar-refractivity contribution in [2.45, 2.75) is 6.92 Å². The molecule has 0 saturated heterocycles. The number of amides is 1. The minimum Gasteiger partial charge on any atom is -0.465 e. The quantitative estimate of drug-likeness (QED) is 0.802. The number of hydrogen-bond donors (Lipinski definition) is 2. The van der Waals surface area contributed by atoms with Crippen molar-refractivity contribution in [3.05, 3.63) is 36.0 Å². The fraction of sp³-hybridized carbons (Fsp3) is 0.231. The molecule has 1 aromatic carbocycles. The highest BCUT2D eigenvalue weighted by Crippen LogP contribution is 2.14. The average Bonchev–Trinajstić information content (AvgIpc) is 2.80. The van der Waals surface area contributed by atoms with Crippen molar-refractivity contribution >= 4 is 22.8 Å². The lowest BCUT2D eigenvalue weighted by Gasteiger charge is -2.03. The summed E-state index contributed by atoms with van der Waals surface area (Å²) in [6.45, 7) is 1.90. The molecular formula is C13H14N2O3. The maximum Gasteiger partial charge on any atom is 0.325 e. The number of carbonyl (C=O) groups is 2. The van der Waals surface area contributed by atoms with Gasteiger partial charge in [-0.2, -0.15) is 0 Å². The number of aromatic amines is 1. The molecule has 0 aliphatic carbocycles. The number of H-pyrrole nitrogens is 1. The number of esters is 1. The zero-order chi connectivity index (χ0) is 13.0. The number of rotatable bonds is 4. The van der Waals surface area contributed by atoms with Crippen LogP contribution in [0, 0.1) is 0 Å². The van der Waals surface area contributed by atoms with Crippen molar-refractivity contribution in [2.24, 2.45) is 0 Å². The number of carbonyl (C=O) groups excluding carboxylic acids is 2. The molecule has 0 unspecified atom stereocenters. The van der Waals surface area contributed by atoms with Crippen molar-refractivity contribution in [2.75, 3.05) is 13.2 Å². The molecule has 1 amide bonds. The molecule has 1 heterocycles. The molecule has 0 fully saturated rings. The van der Waals surface area contributed by atoms with Crippen molar-refractivity contribution < 1.29 is 14.3 Å². The van der Waals surface area contributed by atoms with Crippen LogP contribution in [0.4, 0.5) is 0 Å². The lowest BCUT2D eigenvalue weighted by atomic mass is 10.2. The van der Waals surface area contributed by atoms with Crippen molar-refractivity contribution in [1.82, 2.24) is 10.3 Å². The molecule has 2 N–H and O–H groups in total. The van der Waals surface area contributed by atoms with E-state index in [-0.39, 0.29) is 12.5 Å². The van der Waals surface area contributed by atoms with E-state index in [0.717, 1.165) is 10.9 Å². The fourth-order valence-corrected chi connectivity index (χ4v) is 1.66. The lowest BCUT2D eigenvalue weighted by Crippen LogP contribution is -2.30. The van der Waals surface area contributed by atoms with Gasteiger partial charge in [-0.3, -0.25) is 9.59 Å². The summed E-state index contributed by atoms with van der Waals surface area (Å²) in [5.74, 6) is -0.763. The van der Waals surface area contributed by atoms with Crippen LogP contribution in [0.15, 0.2) is 30.3 Å². The summed E-state index contributed by atoms with van der Waals surface area (Å²) in [5.41, 5.74) is 1.32. The van der Waals surface area contributed by atoms with Crippen LogP contribution in [0.1, 0.15) is 17.4 Å². The Morgan fingerprint density at radius 3 is 2.83 bits per heavy atom. The van der Waals surface area contributed by atoms with Gasteiger partial charge in [0.2, 0.25) is 0 Å². The molecule has 1 aromatic heterocycles. The Labute approximate surface area is 104 Å². The molecule has 5 heteroatoms. The van der Waals surface area contributed by atoms with E-state index < -0.39 is 5.97 Å². The largest absolute Gasteiger partial charge is 0.465 e. The van der Waals surface area contributed by atoms with Crippen LogP contribution in [-0.2, 0) is 9.53 Å². The Hall–Kier alpha value is -2.30. The monoisotopic (exact) mass is 246 g/mol. The molecule has 0 aliphatic heterocycles. The third kappa shape index (κ3) is 2.68. The van der Waals surface area contributed by atoms with Gasteiger partial charge in [0, 0.05) is 10.9 Å². The van der Waals surface area contributed by atoms with Crippen molar-refractivity contribution in [3.8, 4) is 0 Å². The average molecular weight is 246 g/mol. The van der Waals surface area contributed by atoms with Crippen molar-refractivity contribution in [3.63, 3.8) is 0 Å².